The summed E-state index contributed by atoms with van der Waals surface area (Å²) in [4.78, 5) is 0. The molecule has 0 aliphatic rings. The van der Waals surface area contributed by atoms with Crippen LogP contribution in [-0.2, 0) is 12.2 Å². The minimum absolute atomic E-state index is 0.332. The summed E-state index contributed by atoms with van der Waals surface area (Å²) in [5.41, 5.74) is 0. The Kier molecular flexibility index (Phi) is 12.1. The quantitative estimate of drug-likeness (QED) is 0.490. The molecule has 11 heavy (non-hydrogen) atoms. The minimum atomic E-state index is 0.332. The summed E-state index contributed by atoms with van der Waals surface area (Å²) in [5, 5.41) is 0. The van der Waals surface area contributed by atoms with Crippen LogP contribution >= 0.6 is 34.2 Å². The van der Waals surface area contributed by atoms with E-state index in [9.17, 15) is 0 Å². The molecule has 3 unspecified atom stereocenters. The fourth-order valence-electron chi connectivity index (χ4n) is 0.904. The maximum atomic E-state index is 4.97. The van der Waals surface area contributed by atoms with Crippen molar-refractivity contribution in [1.82, 2.24) is 0 Å². The molecule has 0 aliphatic carbocycles. The second-order valence-electron chi connectivity index (χ2n) is 2.31. The highest BCUT2D eigenvalue weighted by Gasteiger charge is 2.02. The standard InChI is InChI=1S/C6H17P4S/c7-1-4-10(5-2-8)6-3-9-11/h9H,1-8H2/q-1. The Morgan fingerprint density at radius 2 is 1.64 bits per heavy atom. The van der Waals surface area contributed by atoms with Gasteiger partial charge in [-0.3, -0.25) is 7.78 Å². The van der Waals surface area contributed by atoms with Gasteiger partial charge in [-0.1, -0.05) is 6.16 Å². The van der Waals surface area contributed by atoms with Crippen molar-refractivity contribution in [1.29, 1.82) is 0 Å². The van der Waals surface area contributed by atoms with E-state index in [0.717, 1.165) is 7.78 Å². The highest BCUT2D eigenvalue weighted by Crippen LogP contribution is 2.36. The lowest BCUT2D eigenvalue weighted by molar-refractivity contribution is 1.38. The molecule has 68 valence electrons. The Bertz CT molecular complexity index is 75.0. The molecule has 5 heteroatoms. The third-order valence-electron chi connectivity index (χ3n) is 1.42. The monoisotopic (exact) mass is 245 g/mol. The maximum Gasteiger partial charge on any atom is -0.0291 e. The third kappa shape index (κ3) is 8.40. The summed E-state index contributed by atoms with van der Waals surface area (Å²) in [6.45, 7) is 0. The molecule has 0 fully saturated rings. The van der Waals surface area contributed by atoms with Crippen molar-refractivity contribution in [3.63, 3.8) is 0 Å². The van der Waals surface area contributed by atoms with E-state index in [1.807, 2.05) is 0 Å². The van der Waals surface area contributed by atoms with E-state index in [2.05, 4.69) is 18.5 Å². The molecule has 0 amide bonds. The lowest BCUT2D eigenvalue weighted by Gasteiger charge is -2.16. The van der Waals surface area contributed by atoms with E-state index in [0.29, 0.717) is 7.92 Å². The molecule has 0 spiro atoms. The third-order valence-corrected chi connectivity index (χ3v) is 7.09. The van der Waals surface area contributed by atoms with Gasteiger partial charge in [0.05, 0.1) is 0 Å². The van der Waals surface area contributed by atoms with E-state index >= 15 is 0 Å². The van der Waals surface area contributed by atoms with Gasteiger partial charge in [-0.2, -0.15) is 0 Å². The van der Waals surface area contributed by atoms with Gasteiger partial charge in [-0.15, -0.1) is 26.4 Å². The first-order valence-corrected chi connectivity index (χ1v) is 9.69. The van der Waals surface area contributed by atoms with Gasteiger partial charge in [0.1, 0.15) is 0 Å². The summed E-state index contributed by atoms with van der Waals surface area (Å²) in [6, 6.07) is 0. The molecule has 0 heterocycles. The summed E-state index contributed by atoms with van der Waals surface area (Å²) in [5.74, 6) is 0. The lowest BCUT2D eigenvalue weighted by atomic mass is 10.9. The molecule has 0 rings (SSSR count). The topological polar surface area (TPSA) is 0 Å². The summed E-state index contributed by atoms with van der Waals surface area (Å²) >= 11 is 4.97. The van der Waals surface area contributed by atoms with Crippen molar-refractivity contribution in [2.24, 2.45) is 0 Å². The van der Waals surface area contributed by atoms with Gasteiger partial charge in [0, 0.05) is 0 Å². The van der Waals surface area contributed by atoms with Crippen LogP contribution in [0.1, 0.15) is 0 Å². The second kappa shape index (κ2) is 10.2. The Morgan fingerprint density at radius 1 is 1.09 bits per heavy atom. The van der Waals surface area contributed by atoms with E-state index < -0.39 is 0 Å². The SMILES string of the molecule is PCCP(CCP)CCP[S-]. The Morgan fingerprint density at radius 3 is 2.00 bits per heavy atom. The molecule has 0 N–H and O–H groups in total. The molecule has 0 aliphatic heterocycles. The lowest BCUT2D eigenvalue weighted by Crippen LogP contribution is -1.98. The van der Waals surface area contributed by atoms with Crippen LogP contribution in [0.25, 0.3) is 0 Å². The molecular weight excluding hydrogens is 228 g/mol. The van der Waals surface area contributed by atoms with E-state index in [4.69, 9.17) is 12.2 Å². The van der Waals surface area contributed by atoms with Crippen LogP contribution in [0.15, 0.2) is 0 Å². The average molecular weight is 245 g/mol. The van der Waals surface area contributed by atoms with Crippen LogP contribution < -0.4 is 0 Å². The Balaban J connectivity index is 3.34. The molecule has 0 saturated carbocycles. The van der Waals surface area contributed by atoms with Crippen molar-refractivity contribution in [3.8, 4) is 0 Å². The predicted octanol–water partition coefficient (Wildman–Crippen LogP) is 2.36. The molecule has 0 radical (unpaired) electrons. The minimum Gasteiger partial charge on any atom is -0.762 e. The van der Waals surface area contributed by atoms with Gasteiger partial charge >= 0.3 is 0 Å². The van der Waals surface area contributed by atoms with Crippen molar-refractivity contribution < 1.29 is 0 Å². The van der Waals surface area contributed by atoms with Crippen LogP contribution in [0.5, 0.6) is 0 Å². The van der Waals surface area contributed by atoms with Gasteiger partial charge in [-0.25, -0.2) is 0 Å². The summed E-state index contributed by atoms with van der Waals surface area (Å²) < 4.78 is 0. The highest BCUT2D eigenvalue weighted by molar-refractivity contribution is 8.25. The largest absolute Gasteiger partial charge is 0.762 e. The zero-order chi connectivity index (χ0) is 8.53. The van der Waals surface area contributed by atoms with Crippen molar-refractivity contribution in [2.75, 3.05) is 37.0 Å². The number of hydrogen-bond donors (Lipinski definition) is 0. The van der Waals surface area contributed by atoms with E-state index in [1.165, 1.54) is 37.0 Å². The zero-order valence-electron chi connectivity index (χ0n) is 6.75. The second-order valence-corrected chi connectivity index (χ2v) is 7.81. The smallest absolute Gasteiger partial charge is 0.0291 e. The van der Waals surface area contributed by atoms with Gasteiger partial charge in [0.2, 0.25) is 0 Å². The van der Waals surface area contributed by atoms with Gasteiger partial charge in [-0.05, 0) is 30.8 Å². The van der Waals surface area contributed by atoms with Gasteiger partial charge in [0.25, 0.3) is 0 Å². The molecule has 0 saturated heterocycles. The van der Waals surface area contributed by atoms with Crippen LogP contribution in [0.4, 0.5) is 0 Å². The normalized spacial score (nSPS) is 12.0. The molecule has 3 atom stereocenters. The molecule has 0 nitrogen and oxygen atoms in total. The Labute approximate surface area is 83.5 Å². The molecule has 0 bridgehead atoms. The molecule has 0 aromatic heterocycles. The van der Waals surface area contributed by atoms with Gasteiger partial charge in [0.15, 0.2) is 0 Å². The average Bonchev–Trinajstić information content (AvgIpc) is 2.01. The van der Waals surface area contributed by atoms with Crippen LogP contribution in [0.2, 0.25) is 0 Å². The molecule has 0 aromatic rings. The fraction of sp³-hybridized carbons (Fsp3) is 1.00. The summed E-state index contributed by atoms with van der Waals surface area (Å²) in [7, 11) is 6.73. The zero-order valence-corrected chi connectivity index (χ0v) is 11.8. The van der Waals surface area contributed by atoms with E-state index in [-0.39, 0.29) is 0 Å². The molecule has 0 aromatic carbocycles. The van der Waals surface area contributed by atoms with Crippen LogP contribution in [0.3, 0.4) is 0 Å². The van der Waals surface area contributed by atoms with Crippen LogP contribution in [-0.4, -0.2) is 37.0 Å². The van der Waals surface area contributed by atoms with E-state index in [1.54, 1.807) is 0 Å². The number of rotatable bonds is 7. The van der Waals surface area contributed by atoms with Crippen molar-refractivity contribution in [3.05, 3.63) is 0 Å². The van der Waals surface area contributed by atoms with Crippen molar-refractivity contribution >= 4 is 46.4 Å². The Hall–Kier alpha value is 2.07. The first-order valence-electron chi connectivity index (χ1n) is 3.82. The van der Waals surface area contributed by atoms with Gasteiger partial charge < -0.3 is 12.2 Å². The number of hydrogen-bond acceptors (Lipinski definition) is 1. The fourth-order valence-corrected chi connectivity index (χ4v) is 6.95. The van der Waals surface area contributed by atoms with Crippen LogP contribution in [0, 0.1) is 0 Å². The van der Waals surface area contributed by atoms with Crippen molar-refractivity contribution in [2.45, 2.75) is 0 Å². The first kappa shape index (κ1) is 13.1. The maximum absolute atomic E-state index is 4.97. The highest BCUT2D eigenvalue weighted by atomic mass is 32.7. The molecular formula is C6H17P4S-. The predicted molar refractivity (Wildman–Crippen MR) is 71.2 cm³/mol. The first-order chi connectivity index (χ1) is 5.35. The summed E-state index contributed by atoms with van der Waals surface area (Å²) in [6.07, 6.45) is 8.10.